The zero-order chi connectivity index (χ0) is 5.15. The second-order valence-corrected chi connectivity index (χ2v) is 1.77. The van der Waals surface area contributed by atoms with Crippen LogP contribution in [0, 0.1) is 5.92 Å². The fourth-order valence-corrected chi connectivity index (χ4v) is 0. The highest BCUT2D eigenvalue weighted by Gasteiger charge is 1.94. The van der Waals surface area contributed by atoms with Gasteiger partial charge in [-0.1, -0.05) is 13.8 Å². The molecule has 0 amide bonds. The van der Waals surface area contributed by atoms with E-state index in [9.17, 15) is 4.79 Å². The van der Waals surface area contributed by atoms with Crippen molar-refractivity contribution in [3.8, 4) is 0 Å². The molecule has 0 fully saturated rings. The summed E-state index contributed by atoms with van der Waals surface area (Å²) < 4.78 is 0. The van der Waals surface area contributed by atoms with Gasteiger partial charge in [-0.05, 0) is 6.92 Å². The lowest BCUT2D eigenvalue weighted by Gasteiger charge is -1.90. The monoisotopic (exact) mass is 88.1 g/mol. The summed E-state index contributed by atoms with van der Waals surface area (Å²) in [5, 5.41) is 0. The third-order valence-corrected chi connectivity index (χ3v) is 0.813. The van der Waals surface area contributed by atoms with Crippen molar-refractivity contribution in [1.82, 2.24) is 0 Å². The first-order valence-corrected chi connectivity index (χ1v) is 2.15. The molecule has 0 aromatic heterocycles. The molecule has 0 aliphatic carbocycles. The Morgan fingerprint density at radius 2 is 1.67 bits per heavy atom. The molecule has 1 nitrogen and oxygen atoms in total. The summed E-state index contributed by atoms with van der Waals surface area (Å²) in [5.41, 5.74) is 0. The summed E-state index contributed by atoms with van der Waals surface area (Å²) in [7, 11) is 0. The van der Waals surface area contributed by atoms with Crippen molar-refractivity contribution in [2.45, 2.75) is 20.8 Å². The minimum atomic E-state index is 0.213. The lowest BCUT2D eigenvalue weighted by molar-refractivity contribution is -0.119. The average molecular weight is 88.1 g/mol. The van der Waals surface area contributed by atoms with E-state index in [0.717, 1.165) is 0 Å². The highest BCUT2D eigenvalue weighted by Crippen LogP contribution is 1.89. The normalized spacial score (nSPS) is 9.33. The molecule has 0 aliphatic heterocycles. The number of carbonyl (C=O) groups is 1. The van der Waals surface area contributed by atoms with Crippen LogP contribution in [0.2, 0.25) is 0 Å². The first-order valence-electron chi connectivity index (χ1n) is 2.15. The summed E-state index contributed by atoms with van der Waals surface area (Å²) in [6.07, 6.45) is 0. The van der Waals surface area contributed by atoms with Gasteiger partial charge in [-0.3, -0.25) is 4.79 Å². The highest BCUT2D eigenvalue weighted by molar-refractivity contribution is 5.77. The number of hydrogen-bond donors (Lipinski definition) is 0. The zero-order valence-electron chi connectivity index (χ0n) is 4.49. The molecule has 0 rings (SSSR count). The van der Waals surface area contributed by atoms with Gasteiger partial charge in [0.1, 0.15) is 5.78 Å². The van der Waals surface area contributed by atoms with Crippen LogP contribution in [-0.4, -0.2) is 5.78 Å². The van der Waals surface area contributed by atoms with Crippen molar-refractivity contribution in [2.75, 3.05) is 0 Å². The summed E-state index contributed by atoms with van der Waals surface area (Å²) >= 11 is 0. The maximum atomic E-state index is 10.1. The van der Waals surface area contributed by atoms with Crippen molar-refractivity contribution in [3.05, 3.63) is 0 Å². The fourth-order valence-electron chi connectivity index (χ4n) is 0. The van der Waals surface area contributed by atoms with E-state index in [-0.39, 0.29) is 11.7 Å². The fraction of sp³-hybridized carbons (Fsp3) is 0.800. The smallest absolute Gasteiger partial charge is 0.132 e. The van der Waals surface area contributed by atoms with Crippen LogP contribution < -0.4 is 0 Å². The predicted molar refractivity (Wildman–Crippen MR) is 25.5 cm³/mol. The number of carbonyl (C=O) groups excluding carboxylic acids is 1. The van der Waals surface area contributed by atoms with Crippen molar-refractivity contribution in [1.29, 1.82) is 0 Å². The van der Waals surface area contributed by atoms with Gasteiger partial charge in [-0.25, -0.2) is 0 Å². The van der Waals surface area contributed by atoms with Crippen LogP contribution in [0.3, 0.4) is 0 Å². The Kier molecular flexibility index (Phi) is 1.85. The minimum absolute atomic E-state index is 0.213. The molecule has 0 heterocycles. The first kappa shape index (κ1) is 5.67. The summed E-state index contributed by atoms with van der Waals surface area (Å²) in [4.78, 5) is 10.1. The molecular formula is C5H10O. The van der Waals surface area contributed by atoms with Crippen LogP contribution >= 0.6 is 0 Å². The third kappa shape index (κ3) is 1.94. The third-order valence-electron chi connectivity index (χ3n) is 0.813. The van der Waals surface area contributed by atoms with Crippen molar-refractivity contribution >= 4 is 5.78 Å². The molecule has 0 aromatic carbocycles. The van der Waals surface area contributed by atoms with Crippen LogP contribution in [0.15, 0.2) is 0 Å². The van der Waals surface area contributed by atoms with Gasteiger partial charge in [0, 0.05) is 5.92 Å². The molecule has 36 valence electrons. The SMILES string of the molecule is CC(=O)[14CH](C)C. The molecule has 0 saturated heterocycles. The summed E-state index contributed by atoms with van der Waals surface area (Å²) in [5.74, 6) is 0.472. The zero-order valence-corrected chi connectivity index (χ0v) is 4.49. The molecule has 1 heteroatoms. The van der Waals surface area contributed by atoms with Crippen LogP contribution in [0.25, 0.3) is 0 Å². The summed E-state index contributed by atoms with van der Waals surface area (Å²) in [6.45, 7) is 5.38. The Labute approximate surface area is 38.4 Å². The summed E-state index contributed by atoms with van der Waals surface area (Å²) in [6, 6.07) is 0. The van der Waals surface area contributed by atoms with E-state index in [1.165, 1.54) is 0 Å². The largest absolute Gasteiger partial charge is 0.300 e. The Hall–Kier alpha value is -0.330. The minimum Gasteiger partial charge on any atom is -0.300 e. The van der Waals surface area contributed by atoms with E-state index in [0.29, 0.717) is 0 Å². The van der Waals surface area contributed by atoms with Gasteiger partial charge < -0.3 is 0 Å². The van der Waals surface area contributed by atoms with Gasteiger partial charge in [-0.2, -0.15) is 0 Å². The lowest BCUT2D eigenvalue weighted by atomic mass is 10.7. The molecule has 0 spiro atoms. The quantitative estimate of drug-likeness (QED) is 0.471. The lowest BCUT2D eigenvalue weighted by Crippen LogP contribution is -1.98. The van der Waals surface area contributed by atoms with Gasteiger partial charge >= 0.3 is 0 Å². The molecule has 0 aliphatic rings. The standard InChI is InChI=1S/C5H10O/c1-4(2)5(3)6/h4H,1-3H3/i4+2. The van der Waals surface area contributed by atoms with E-state index in [1.54, 1.807) is 6.92 Å². The maximum Gasteiger partial charge on any atom is 0.132 e. The van der Waals surface area contributed by atoms with Gasteiger partial charge in [0.05, 0.1) is 0 Å². The van der Waals surface area contributed by atoms with Crippen molar-refractivity contribution in [3.63, 3.8) is 0 Å². The van der Waals surface area contributed by atoms with E-state index in [1.807, 2.05) is 13.8 Å². The molecule has 0 unspecified atom stereocenters. The molecule has 6 heavy (non-hydrogen) atoms. The van der Waals surface area contributed by atoms with Crippen LogP contribution in [0.5, 0.6) is 0 Å². The van der Waals surface area contributed by atoms with Gasteiger partial charge in [0.15, 0.2) is 0 Å². The van der Waals surface area contributed by atoms with Gasteiger partial charge in [0.2, 0.25) is 0 Å². The Morgan fingerprint density at radius 1 is 1.50 bits per heavy atom. The van der Waals surface area contributed by atoms with E-state index < -0.39 is 0 Å². The van der Waals surface area contributed by atoms with Crippen LogP contribution in [-0.2, 0) is 4.79 Å². The van der Waals surface area contributed by atoms with Crippen molar-refractivity contribution < 1.29 is 4.79 Å². The topological polar surface area (TPSA) is 17.1 Å². The molecule has 0 radical (unpaired) electrons. The first-order chi connectivity index (χ1) is 2.64. The second-order valence-electron chi connectivity index (χ2n) is 1.77. The Morgan fingerprint density at radius 3 is 1.67 bits per heavy atom. The Bertz CT molecular complexity index is 55.0. The number of hydrogen-bond acceptors (Lipinski definition) is 1. The average Bonchev–Trinajstić information content (AvgIpc) is 1.36. The number of rotatable bonds is 1. The predicted octanol–water partition coefficient (Wildman–Crippen LogP) is 1.23. The van der Waals surface area contributed by atoms with E-state index >= 15 is 0 Å². The molecule has 0 aromatic rings. The van der Waals surface area contributed by atoms with E-state index in [4.69, 9.17) is 0 Å². The number of Topliss-reactive ketones (excluding diaryl/α,β-unsaturated/α-hetero) is 1. The number of ketones is 1. The second kappa shape index (κ2) is 1.96. The maximum absolute atomic E-state index is 10.1. The van der Waals surface area contributed by atoms with Crippen LogP contribution in [0.4, 0.5) is 0 Å². The van der Waals surface area contributed by atoms with E-state index in [2.05, 4.69) is 0 Å². The molecule has 0 saturated carbocycles. The molecule has 0 bridgehead atoms. The van der Waals surface area contributed by atoms with Gasteiger partial charge in [-0.15, -0.1) is 0 Å². The Balaban J connectivity index is 3.26. The van der Waals surface area contributed by atoms with Gasteiger partial charge in [0.25, 0.3) is 0 Å². The molecule has 0 N–H and O–H groups in total. The molecule has 0 atom stereocenters. The van der Waals surface area contributed by atoms with Crippen molar-refractivity contribution in [2.24, 2.45) is 5.92 Å². The highest BCUT2D eigenvalue weighted by atomic mass is 16.2. The molecular weight excluding hydrogens is 78.0 g/mol. The van der Waals surface area contributed by atoms with Crippen LogP contribution in [0.1, 0.15) is 20.8 Å².